The third kappa shape index (κ3) is 1.91. The largest absolute Gasteiger partial charge is 0.382 e. The maximum atomic E-state index is 5.58. The summed E-state index contributed by atoms with van der Waals surface area (Å²) in [6.07, 6.45) is 4.74. The van der Waals surface area contributed by atoms with E-state index in [0.717, 1.165) is 13.2 Å². The van der Waals surface area contributed by atoms with Crippen LogP contribution in [-0.2, 0) is 4.74 Å². The molecule has 0 spiro atoms. The fraction of sp³-hybridized carbons (Fsp3) is 0.385. The van der Waals surface area contributed by atoms with Crippen LogP contribution in [0.2, 0.25) is 0 Å². The molecule has 3 heteroatoms. The summed E-state index contributed by atoms with van der Waals surface area (Å²) in [6, 6.07) is 8.47. The van der Waals surface area contributed by atoms with Crippen molar-refractivity contribution in [2.45, 2.75) is 18.9 Å². The van der Waals surface area contributed by atoms with Crippen LogP contribution in [0.1, 0.15) is 12.8 Å². The van der Waals surface area contributed by atoms with E-state index >= 15 is 0 Å². The van der Waals surface area contributed by atoms with E-state index in [0.29, 0.717) is 6.10 Å². The fourth-order valence-electron chi connectivity index (χ4n) is 2.20. The van der Waals surface area contributed by atoms with Crippen LogP contribution in [0.4, 0.5) is 5.69 Å². The Bertz CT molecular complexity index is 471. The van der Waals surface area contributed by atoms with Crippen LogP contribution in [0.25, 0.3) is 10.9 Å². The van der Waals surface area contributed by atoms with Gasteiger partial charge in [0.25, 0.3) is 0 Å². The number of hydrogen-bond acceptors (Lipinski definition) is 2. The highest BCUT2D eigenvalue weighted by atomic mass is 16.5. The van der Waals surface area contributed by atoms with Crippen molar-refractivity contribution in [2.75, 3.05) is 18.5 Å². The van der Waals surface area contributed by atoms with Crippen LogP contribution < -0.4 is 5.32 Å². The van der Waals surface area contributed by atoms with Crippen LogP contribution in [-0.4, -0.2) is 24.2 Å². The molecule has 0 aliphatic carbocycles. The van der Waals surface area contributed by atoms with Crippen LogP contribution >= 0.6 is 0 Å². The van der Waals surface area contributed by atoms with Gasteiger partial charge in [-0.1, -0.05) is 0 Å². The highest BCUT2D eigenvalue weighted by Gasteiger charge is 2.14. The number of aromatic amines is 1. The van der Waals surface area contributed by atoms with Gasteiger partial charge in [0, 0.05) is 35.9 Å². The van der Waals surface area contributed by atoms with E-state index in [-0.39, 0.29) is 0 Å². The first kappa shape index (κ1) is 9.73. The monoisotopic (exact) mass is 216 g/mol. The zero-order valence-corrected chi connectivity index (χ0v) is 9.20. The van der Waals surface area contributed by atoms with Gasteiger partial charge in [-0.15, -0.1) is 0 Å². The van der Waals surface area contributed by atoms with E-state index in [2.05, 4.69) is 34.6 Å². The highest BCUT2D eigenvalue weighted by Crippen LogP contribution is 2.19. The maximum Gasteiger partial charge on any atom is 0.0748 e. The molecule has 0 saturated carbocycles. The molecule has 84 valence electrons. The minimum atomic E-state index is 0.391. The number of fused-ring (bicyclic) bond motifs is 1. The summed E-state index contributed by atoms with van der Waals surface area (Å²) >= 11 is 0. The minimum absolute atomic E-state index is 0.391. The Hall–Kier alpha value is -1.48. The smallest absolute Gasteiger partial charge is 0.0748 e. The van der Waals surface area contributed by atoms with E-state index in [1.807, 2.05) is 6.20 Å². The summed E-state index contributed by atoms with van der Waals surface area (Å²) in [4.78, 5) is 3.19. The molecule has 1 atom stereocenters. The lowest BCUT2D eigenvalue weighted by molar-refractivity contribution is 0.120. The second-order valence-electron chi connectivity index (χ2n) is 4.30. The molecule has 1 aliphatic heterocycles. The van der Waals surface area contributed by atoms with E-state index in [9.17, 15) is 0 Å². The second-order valence-corrected chi connectivity index (χ2v) is 4.30. The van der Waals surface area contributed by atoms with Crippen molar-refractivity contribution >= 4 is 16.6 Å². The first-order chi connectivity index (χ1) is 7.92. The van der Waals surface area contributed by atoms with Gasteiger partial charge in [-0.2, -0.15) is 0 Å². The number of H-pyrrole nitrogens is 1. The van der Waals surface area contributed by atoms with Gasteiger partial charge < -0.3 is 15.0 Å². The molecular weight excluding hydrogens is 200 g/mol. The lowest BCUT2D eigenvalue weighted by atomic mass is 10.2. The molecule has 0 radical (unpaired) electrons. The lowest BCUT2D eigenvalue weighted by Gasteiger charge is -2.11. The minimum Gasteiger partial charge on any atom is -0.382 e. The van der Waals surface area contributed by atoms with Gasteiger partial charge in [0.1, 0.15) is 0 Å². The molecule has 1 saturated heterocycles. The van der Waals surface area contributed by atoms with Gasteiger partial charge in [-0.3, -0.25) is 0 Å². The van der Waals surface area contributed by atoms with Crippen LogP contribution in [0, 0.1) is 0 Å². The number of nitrogens with one attached hydrogen (secondary N) is 2. The summed E-state index contributed by atoms with van der Waals surface area (Å²) in [5.41, 5.74) is 2.35. The Labute approximate surface area is 94.8 Å². The van der Waals surface area contributed by atoms with Crippen molar-refractivity contribution in [1.82, 2.24) is 4.98 Å². The van der Waals surface area contributed by atoms with Crippen molar-refractivity contribution in [3.63, 3.8) is 0 Å². The van der Waals surface area contributed by atoms with Crippen LogP contribution in [0.15, 0.2) is 30.5 Å². The highest BCUT2D eigenvalue weighted by molar-refractivity contribution is 5.82. The molecule has 1 unspecified atom stereocenters. The molecule has 1 aliphatic rings. The zero-order valence-electron chi connectivity index (χ0n) is 9.20. The van der Waals surface area contributed by atoms with Gasteiger partial charge in [0.2, 0.25) is 0 Å². The third-order valence-electron chi connectivity index (χ3n) is 3.11. The number of aromatic nitrogens is 1. The number of anilines is 1. The molecular formula is C13H16N2O. The molecule has 1 fully saturated rings. The van der Waals surface area contributed by atoms with Gasteiger partial charge in [0.05, 0.1) is 6.10 Å². The predicted octanol–water partition coefficient (Wildman–Crippen LogP) is 2.76. The standard InChI is InChI=1S/C13H16N2O/c1-2-12(16-7-1)9-15-11-3-4-13-10(8-11)5-6-14-13/h3-6,8,12,14-15H,1-2,7,9H2. The van der Waals surface area contributed by atoms with Gasteiger partial charge >= 0.3 is 0 Å². The zero-order chi connectivity index (χ0) is 10.8. The van der Waals surface area contributed by atoms with E-state index in [1.54, 1.807) is 0 Å². The summed E-state index contributed by atoms with van der Waals surface area (Å²) in [5, 5.41) is 4.68. The molecule has 16 heavy (non-hydrogen) atoms. The Morgan fingerprint density at radius 3 is 3.25 bits per heavy atom. The summed E-state index contributed by atoms with van der Waals surface area (Å²) < 4.78 is 5.58. The maximum absolute atomic E-state index is 5.58. The van der Waals surface area contributed by atoms with Crippen molar-refractivity contribution < 1.29 is 4.74 Å². The molecule has 2 N–H and O–H groups in total. The normalized spacial score (nSPS) is 20.4. The van der Waals surface area contributed by atoms with Crippen molar-refractivity contribution in [2.24, 2.45) is 0 Å². The van der Waals surface area contributed by atoms with Crippen molar-refractivity contribution in [3.8, 4) is 0 Å². The first-order valence-electron chi connectivity index (χ1n) is 5.84. The molecule has 0 amide bonds. The third-order valence-corrected chi connectivity index (χ3v) is 3.11. The second kappa shape index (κ2) is 4.18. The average molecular weight is 216 g/mol. The van der Waals surface area contributed by atoms with Gasteiger partial charge in [-0.05, 0) is 37.1 Å². The van der Waals surface area contributed by atoms with Gasteiger partial charge in [-0.25, -0.2) is 0 Å². The summed E-state index contributed by atoms with van der Waals surface area (Å²) in [7, 11) is 0. The molecule has 2 aromatic rings. The SMILES string of the molecule is c1cc2cc(NCC3CCCO3)ccc2[nH]1. The van der Waals surface area contributed by atoms with Crippen molar-refractivity contribution in [3.05, 3.63) is 30.5 Å². The van der Waals surface area contributed by atoms with Gasteiger partial charge in [0.15, 0.2) is 0 Å². The summed E-state index contributed by atoms with van der Waals surface area (Å²) in [5.74, 6) is 0. The Morgan fingerprint density at radius 1 is 1.38 bits per heavy atom. The van der Waals surface area contributed by atoms with Crippen molar-refractivity contribution in [1.29, 1.82) is 0 Å². The molecule has 2 heterocycles. The molecule has 3 rings (SSSR count). The number of rotatable bonds is 3. The van der Waals surface area contributed by atoms with Crippen LogP contribution in [0.5, 0.6) is 0 Å². The molecule has 1 aromatic carbocycles. The molecule has 1 aromatic heterocycles. The lowest BCUT2D eigenvalue weighted by Crippen LogP contribution is -2.18. The molecule has 0 bridgehead atoms. The summed E-state index contributed by atoms with van der Waals surface area (Å²) in [6.45, 7) is 1.83. The average Bonchev–Trinajstić information content (AvgIpc) is 2.97. The Balaban J connectivity index is 1.68. The number of benzene rings is 1. The fourth-order valence-corrected chi connectivity index (χ4v) is 2.20. The van der Waals surface area contributed by atoms with E-state index in [1.165, 1.54) is 29.4 Å². The van der Waals surface area contributed by atoms with Crippen LogP contribution in [0.3, 0.4) is 0 Å². The number of ether oxygens (including phenoxy) is 1. The first-order valence-corrected chi connectivity index (χ1v) is 5.84. The predicted molar refractivity (Wildman–Crippen MR) is 65.8 cm³/mol. The quantitative estimate of drug-likeness (QED) is 0.827. The number of hydrogen-bond donors (Lipinski definition) is 2. The topological polar surface area (TPSA) is 37.0 Å². The Morgan fingerprint density at radius 2 is 2.38 bits per heavy atom. The van der Waals surface area contributed by atoms with E-state index < -0.39 is 0 Å². The van der Waals surface area contributed by atoms with E-state index in [4.69, 9.17) is 4.74 Å². The molecule has 3 nitrogen and oxygen atoms in total. The Kier molecular flexibility index (Phi) is 2.54.